The number of aromatic nitrogens is 1. The monoisotopic (exact) mass is 513 g/mol. The fourth-order valence-corrected chi connectivity index (χ4v) is 4.53. The maximum absolute atomic E-state index is 13.4. The minimum absolute atomic E-state index is 0.203. The third kappa shape index (κ3) is 6.71. The number of hydrogen-bond donors (Lipinski definition) is 0. The molecule has 1 atom stereocenters. The average Bonchev–Trinajstić information content (AvgIpc) is 3.35. The van der Waals surface area contributed by atoms with Crippen molar-refractivity contribution < 1.29 is 23.1 Å². The van der Waals surface area contributed by atoms with Crippen molar-refractivity contribution in [2.75, 3.05) is 19.7 Å². The summed E-state index contributed by atoms with van der Waals surface area (Å²) in [7, 11) is 0. The Morgan fingerprint density at radius 3 is 2.69 bits per heavy atom. The number of ether oxygens (including phenoxy) is 1. The number of halogens is 2. The van der Waals surface area contributed by atoms with Crippen LogP contribution in [0.4, 0.5) is 4.39 Å². The van der Waals surface area contributed by atoms with Crippen LogP contribution in [0.3, 0.4) is 0 Å². The summed E-state index contributed by atoms with van der Waals surface area (Å²) in [6.45, 7) is 4.29. The molecule has 0 aliphatic carbocycles. The summed E-state index contributed by atoms with van der Waals surface area (Å²) in [6.07, 6.45) is 2.79. The molecule has 2 heterocycles. The van der Waals surface area contributed by atoms with Gasteiger partial charge < -0.3 is 14.1 Å². The molecule has 0 N–H and O–H groups in total. The number of hydrogen-bond acceptors (Lipinski definition) is 6. The van der Waals surface area contributed by atoms with Crippen LogP contribution >= 0.6 is 11.6 Å². The normalized spacial score (nSPS) is 15.8. The number of esters is 1. The number of benzene rings is 2. The zero-order valence-corrected chi connectivity index (χ0v) is 20.9. The van der Waals surface area contributed by atoms with E-state index < -0.39 is 0 Å². The van der Waals surface area contributed by atoms with E-state index in [0.29, 0.717) is 56.7 Å². The van der Waals surface area contributed by atoms with Crippen LogP contribution in [0.5, 0.6) is 0 Å². The van der Waals surface area contributed by atoms with Crippen molar-refractivity contribution in [2.24, 2.45) is 5.92 Å². The summed E-state index contributed by atoms with van der Waals surface area (Å²) in [5, 5.41) is 0.645. The topological polar surface area (TPSA) is 75.9 Å². The van der Waals surface area contributed by atoms with Gasteiger partial charge in [-0.25, -0.2) is 9.37 Å². The SMILES string of the molecule is CCOC(=O)[C@@H]1CCCN(C(=O)c2coc(CN(Cc3ccc(F)cc3)Cc3ccccc3Cl)n2)C1. The molecular formula is C27H29ClFN3O4. The molecule has 1 aromatic heterocycles. The number of nitrogens with zero attached hydrogens (tertiary/aromatic N) is 3. The van der Waals surface area contributed by atoms with E-state index in [1.54, 1.807) is 24.0 Å². The molecule has 1 fully saturated rings. The molecule has 0 spiro atoms. The van der Waals surface area contributed by atoms with Crippen molar-refractivity contribution in [3.05, 3.63) is 88.3 Å². The smallest absolute Gasteiger partial charge is 0.310 e. The van der Waals surface area contributed by atoms with Crippen LogP contribution in [0.2, 0.25) is 5.02 Å². The first-order valence-corrected chi connectivity index (χ1v) is 12.4. The number of likely N-dealkylation sites (tertiary alicyclic amines) is 1. The Hall–Kier alpha value is -3.23. The second-order valence-corrected chi connectivity index (χ2v) is 9.24. The Morgan fingerprint density at radius 1 is 1.17 bits per heavy atom. The molecule has 9 heteroatoms. The van der Waals surface area contributed by atoms with Gasteiger partial charge in [0.1, 0.15) is 12.1 Å². The molecule has 3 aromatic rings. The maximum atomic E-state index is 13.4. The van der Waals surface area contributed by atoms with Crippen LogP contribution in [0, 0.1) is 11.7 Å². The highest BCUT2D eigenvalue weighted by Crippen LogP contribution is 2.22. The summed E-state index contributed by atoms with van der Waals surface area (Å²) in [5.74, 6) is -0.778. The average molecular weight is 514 g/mol. The van der Waals surface area contributed by atoms with Crippen LogP contribution in [-0.2, 0) is 29.2 Å². The van der Waals surface area contributed by atoms with E-state index in [2.05, 4.69) is 9.88 Å². The number of carbonyl (C=O) groups excluding carboxylic acids is 2. The first-order chi connectivity index (χ1) is 17.4. The standard InChI is InChI=1S/C27H29ClFN3O4/c1-2-35-27(34)21-7-5-13-32(16-21)26(33)24-18-36-25(30-24)17-31(14-19-9-11-22(29)12-10-19)15-20-6-3-4-8-23(20)28/h3-4,6,8-12,18,21H,2,5,7,13-17H2,1H3/t21-/m1/s1. The Bertz CT molecular complexity index is 1180. The lowest BCUT2D eigenvalue weighted by molar-refractivity contribution is -0.149. The third-order valence-electron chi connectivity index (χ3n) is 6.13. The fraction of sp³-hybridized carbons (Fsp3) is 0.370. The molecule has 7 nitrogen and oxygen atoms in total. The summed E-state index contributed by atoms with van der Waals surface area (Å²) in [5.41, 5.74) is 2.06. The van der Waals surface area contributed by atoms with Crippen LogP contribution in [0.25, 0.3) is 0 Å². The molecule has 1 amide bonds. The molecule has 0 bridgehead atoms. The van der Waals surface area contributed by atoms with Crippen LogP contribution in [0.15, 0.2) is 59.2 Å². The molecule has 0 saturated carbocycles. The highest BCUT2D eigenvalue weighted by molar-refractivity contribution is 6.31. The van der Waals surface area contributed by atoms with E-state index in [0.717, 1.165) is 17.5 Å². The largest absolute Gasteiger partial charge is 0.466 e. The summed E-state index contributed by atoms with van der Waals surface area (Å²) >= 11 is 6.38. The molecule has 1 saturated heterocycles. The van der Waals surface area contributed by atoms with Crippen molar-refractivity contribution >= 4 is 23.5 Å². The molecule has 4 rings (SSSR count). The lowest BCUT2D eigenvalue weighted by Crippen LogP contribution is -2.43. The Labute approximate surface area is 214 Å². The number of oxazole rings is 1. The molecule has 2 aromatic carbocycles. The zero-order valence-electron chi connectivity index (χ0n) is 20.2. The Balaban J connectivity index is 1.46. The first kappa shape index (κ1) is 25.9. The van der Waals surface area contributed by atoms with Gasteiger partial charge in [0.2, 0.25) is 5.89 Å². The number of carbonyl (C=O) groups is 2. The van der Waals surface area contributed by atoms with Gasteiger partial charge >= 0.3 is 5.97 Å². The van der Waals surface area contributed by atoms with Crippen molar-refractivity contribution in [1.29, 1.82) is 0 Å². The van der Waals surface area contributed by atoms with Crippen molar-refractivity contribution in [3.63, 3.8) is 0 Å². The molecule has 1 aliphatic heterocycles. The van der Waals surface area contributed by atoms with E-state index in [1.807, 2.05) is 24.3 Å². The third-order valence-corrected chi connectivity index (χ3v) is 6.50. The van der Waals surface area contributed by atoms with Crippen molar-refractivity contribution in [3.8, 4) is 0 Å². The van der Waals surface area contributed by atoms with E-state index in [1.165, 1.54) is 18.4 Å². The number of rotatable bonds is 9. The van der Waals surface area contributed by atoms with Crippen LogP contribution in [0.1, 0.15) is 47.3 Å². The minimum atomic E-state index is -0.323. The van der Waals surface area contributed by atoms with Gasteiger partial charge in [-0.05, 0) is 49.1 Å². The summed E-state index contributed by atoms with van der Waals surface area (Å²) in [6, 6.07) is 13.9. The molecular weight excluding hydrogens is 485 g/mol. The second-order valence-electron chi connectivity index (χ2n) is 8.83. The summed E-state index contributed by atoms with van der Waals surface area (Å²) < 4.78 is 24.2. The van der Waals surface area contributed by atoms with Crippen LogP contribution < -0.4 is 0 Å². The first-order valence-electron chi connectivity index (χ1n) is 12.0. The lowest BCUT2D eigenvalue weighted by atomic mass is 9.98. The fourth-order valence-electron chi connectivity index (χ4n) is 4.33. The quantitative estimate of drug-likeness (QED) is 0.371. The molecule has 0 unspecified atom stereocenters. The predicted molar refractivity (Wildman–Crippen MR) is 133 cm³/mol. The van der Waals surface area contributed by atoms with Gasteiger partial charge in [0.05, 0.1) is 19.1 Å². The van der Waals surface area contributed by atoms with Crippen LogP contribution in [-0.4, -0.2) is 46.4 Å². The maximum Gasteiger partial charge on any atom is 0.310 e. The number of piperidine rings is 1. The molecule has 1 aliphatic rings. The lowest BCUT2D eigenvalue weighted by Gasteiger charge is -2.30. The van der Waals surface area contributed by atoms with Gasteiger partial charge in [-0.1, -0.05) is 41.9 Å². The highest BCUT2D eigenvalue weighted by Gasteiger charge is 2.31. The molecule has 190 valence electrons. The van der Waals surface area contributed by atoms with Crippen molar-refractivity contribution in [1.82, 2.24) is 14.8 Å². The molecule has 0 radical (unpaired) electrons. The van der Waals surface area contributed by atoms with Gasteiger partial charge in [0.25, 0.3) is 5.91 Å². The zero-order chi connectivity index (χ0) is 25.5. The second kappa shape index (κ2) is 12.1. The Morgan fingerprint density at radius 2 is 1.94 bits per heavy atom. The summed E-state index contributed by atoms with van der Waals surface area (Å²) in [4.78, 5) is 33.3. The van der Waals surface area contributed by atoms with E-state index in [9.17, 15) is 14.0 Å². The Kier molecular flexibility index (Phi) is 8.72. The predicted octanol–water partition coefficient (Wildman–Crippen LogP) is 5.08. The van der Waals surface area contributed by atoms with E-state index >= 15 is 0 Å². The van der Waals surface area contributed by atoms with Gasteiger partial charge in [-0.2, -0.15) is 0 Å². The number of amides is 1. The van der Waals surface area contributed by atoms with Gasteiger partial charge in [0.15, 0.2) is 5.69 Å². The molecule has 36 heavy (non-hydrogen) atoms. The minimum Gasteiger partial charge on any atom is -0.466 e. The highest BCUT2D eigenvalue weighted by atomic mass is 35.5. The van der Waals surface area contributed by atoms with E-state index in [-0.39, 0.29) is 29.3 Å². The van der Waals surface area contributed by atoms with Gasteiger partial charge in [-0.3, -0.25) is 14.5 Å². The van der Waals surface area contributed by atoms with E-state index in [4.69, 9.17) is 20.8 Å². The van der Waals surface area contributed by atoms with Crippen molar-refractivity contribution in [2.45, 2.75) is 39.4 Å². The van der Waals surface area contributed by atoms with Gasteiger partial charge in [0, 0.05) is 31.2 Å². The van der Waals surface area contributed by atoms with Gasteiger partial charge in [-0.15, -0.1) is 0 Å².